The van der Waals surface area contributed by atoms with Crippen molar-refractivity contribution < 1.29 is 9.53 Å². The van der Waals surface area contributed by atoms with Crippen LogP contribution in [0, 0.1) is 5.92 Å². The number of amides is 1. The first-order chi connectivity index (χ1) is 14.8. The number of carbonyl (C=O) groups is 1. The number of rotatable bonds is 4. The van der Waals surface area contributed by atoms with Crippen molar-refractivity contribution in [1.82, 2.24) is 30.8 Å². The van der Waals surface area contributed by atoms with Gasteiger partial charge in [-0.2, -0.15) is 4.80 Å². The van der Waals surface area contributed by atoms with Crippen molar-refractivity contribution in [2.24, 2.45) is 5.92 Å². The summed E-state index contributed by atoms with van der Waals surface area (Å²) in [5, 5.41) is 19.9. The molecule has 30 heavy (non-hydrogen) atoms. The third-order valence-electron chi connectivity index (χ3n) is 6.83. The van der Waals surface area contributed by atoms with Gasteiger partial charge in [0, 0.05) is 30.1 Å². The zero-order chi connectivity index (χ0) is 20.3. The van der Waals surface area contributed by atoms with Gasteiger partial charge in [0.05, 0.1) is 18.8 Å². The second-order valence-corrected chi connectivity index (χ2v) is 8.79. The van der Waals surface area contributed by atoms with Gasteiger partial charge in [-0.05, 0) is 50.2 Å². The molecule has 3 aliphatic rings. The molecule has 0 bridgehead atoms. The molecule has 3 fully saturated rings. The second-order valence-electron chi connectivity index (χ2n) is 8.79. The molecule has 0 unspecified atom stereocenters. The maximum atomic E-state index is 12.8. The molecule has 1 aromatic heterocycles. The molecule has 0 spiro atoms. The molecule has 5 rings (SSSR count). The molecule has 8 heteroatoms. The van der Waals surface area contributed by atoms with E-state index in [1.807, 2.05) is 30.3 Å². The summed E-state index contributed by atoms with van der Waals surface area (Å²) in [7, 11) is 0. The van der Waals surface area contributed by atoms with Gasteiger partial charge in [0.15, 0.2) is 0 Å². The van der Waals surface area contributed by atoms with E-state index in [-0.39, 0.29) is 30.0 Å². The molecule has 3 atom stereocenters. The Hall–Kier alpha value is -2.32. The summed E-state index contributed by atoms with van der Waals surface area (Å²) in [4.78, 5) is 14.6. The molecule has 1 aromatic carbocycles. The molecule has 2 aromatic rings. The van der Waals surface area contributed by atoms with Crippen molar-refractivity contribution >= 4 is 5.91 Å². The largest absolute Gasteiger partial charge is 0.375 e. The summed E-state index contributed by atoms with van der Waals surface area (Å²) in [6, 6.07) is 10.8. The zero-order valence-corrected chi connectivity index (χ0v) is 17.2. The minimum Gasteiger partial charge on any atom is -0.375 e. The molecule has 160 valence electrons. The number of morpholine rings is 1. The maximum Gasteiger partial charge on any atom is 0.223 e. The van der Waals surface area contributed by atoms with Crippen LogP contribution in [0.1, 0.15) is 51.0 Å². The molecule has 8 nitrogen and oxygen atoms in total. The predicted octanol–water partition coefficient (Wildman–Crippen LogP) is 2.10. The smallest absolute Gasteiger partial charge is 0.223 e. The summed E-state index contributed by atoms with van der Waals surface area (Å²) < 4.78 is 5.83. The van der Waals surface area contributed by atoms with Crippen molar-refractivity contribution in [3.8, 4) is 11.4 Å². The van der Waals surface area contributed by atoms with Crippen LogP contribution in [0.4, 0.5) is 0 Å². The summed E-state index contributed by atoms with van der Waals surface area (Å²) in [5.41, 5.74) is 0.984. The minimum atomic E-state index is 0.101. The Morgan fingerprint density at radius 3 is 2.77 bits per heavy atom. The van der Waals surface area contributed by atoms with Gasteiger partial charge in [-0.15, -0.1) is 10.2 Å². The monoisotopic (exact) mass is 410 g/mol. The van der Waals surface area contributed by atoms with Crippen LogP contribution in [0.25, 0.3) is 11.4 Å². The van der Waals surface area contributed by atoms with E-state index in [1.165, 1.54) is 0 Å². The summed E-state index contributed by atoms with van der Waals surface area (Å²) in [5.74, 6) is 0.986. The van der Waals surface area contributed by atoms with Crippen LogP contribution < -0.4 is 10.6 Å². The molecule has 2 heterocycles. The Labute approximate surface area is 176 Å². The van der Waals surface area contributed by atoms with Crippen molar-refractivity contribution in [1.29, 1.82) is 0 Å². The van der Waals surface area contributed by atoms with Crippen molar-refractivity contribution in [2.45, 2.75) is 69.2 Å². The fourth-order valence-electron chi connectivity index (χ4n) is 5.10. The molecule has 1 amide bonds. The highest BCUT2D eigenvalue weighted by molar-refractivity contribution is 5.79. The predicted molar refractivity (Wildman–Crippen MR) is 112 cm³/mol. The zero-order valence-electron chi connectivity index (χ0n) is 17.2. The first kappa shape index (κ1) is 19.6. The van der Waals surface area contributed by atoms with Gasteiger partial charge in [0.2, 0.25) is 11.7 Å². The molecular weight excluding hydrogens is 380 g/mol. The average molecular weight is 411 g/mol. The lowest BCUT2D eigenvalue weighted by Crippen LogP contribution is -2.53. The molecule has 1 aliphatic heterocycles. The maximum absolute atomic E-state index is 12.8. The summed E-state index contributed by atoms with van der Waals surface area (Å²) in [6.07, 6.45) is 6.91. The van der Waals surface area contributed by atoms with E-state index >= 15 is 0 Å². The highest BCUT2D eigenvalue weighted by Crippen LogP contribution is 2.31. The normalized spacial score (nSPS) is 31.7. The number of benzene rings is 1. The standard InChI is InChI=1S/C22H30N6O2/c29-22(16-6-11-20-19(14-16)23-12-13-30-20)24-17-7-9-18(10-8-17)28-26-21(25-27-28)15-4-2-1-3-5-15/h1-5,16-20,23H,6-14H2,(H,24,29)/t16-,17?,18?,19+,20+/m0/s1. The highest BCUT2D eigenvalue weighted by Gasteiger charge is 2.36. The van der Waals surface area contributed by atoms with Crippen molar-refractivity contribution in [3.63, 3.8) is 0 Å². The van der Waals surface area contributed by atoms with E-state index in [4.69, 9.17) is 4.74 Å². The first-order valence-electron chi connectivity index (χ1n) is 11.3. The second kappa shape index (κ2) is 8.81. The SMILES string of the molecule is O=C(NC1CCC(n2nnc(-c3ccccc3)n2)CC1)[C@H]1CC[C@H]2OCCN[C@@H]2C1. The molecule has 2 aliphatic carbocycles. The lowest BCUT2D eigenvalue weighted by Gasteiger charge is -2.39. The van der Waals surface area contributed by atoms with Crippen LogP contribution in [0.15, 0.2) is 30.3 Å². The lowest BCUT2D eigenvalue weighted by atomic mass is 9.82. The fourth-order valence-corrected chi connectivity index (χ4v) is 5.10. The lowest BCUT2D eigenvalue weighted by molar-refractivity contribution is -0.129. The first-order valence-corrected chi connectivity index (χ1v) is 11.3. The van der Waals surface area contributed by atoms with E-state index < -0.39 is 0 Å². The topological polar surface area (TPSA) is 94.0 Å². The Morgan fingerprint density at radius 2 is 1.93 bits per heavy atom. The van der Waals surface area contributed by atoms with Crippen LogP contribution in [-0.2, 0) is 9.53 Å². The van der Waals surface area contributed by atoms with Crippen LogP contribution in [0.5, 0.6) is 0 Å². The molecular formula is C22H30N6O2. The number of ether oxygens (including phenoxy) is 1. The fraction of sp³-hybridized carbons (Fsp3) is 0.636. The molecule has 1 saturated heterocycles. The van der Waals surface area contributed by atoms with Crippen LogP contribution in [0.3, 0.4) is 0 Å². The Balaban J connectivity index is 1.11. The molecule has 2 N–H and O–H groups in total. The number of hydrogen-bond donors (Lipinski definition) is 2. The van der Waals surface area contributed by atoms with Crippen LogP contribution >= 0.6 is 0 Å². The Kier molecular flexibility index (Phi) is 5.77. The van der Waals surface area contributed by atoms with Gasteiger partial charge in [0.1, 0.15) is 0 Å². The van der Waals surface area contributed by atoms with Gasteiger partial charge in [-0.25, -0.2) is 0 Å². The van der Waals surface area contributed by atoms with E-state index in [1.54, 1.807) is 4.80 Å². The minimum absolute atomic E-state index is 0.101. The summed E-state index contributed by atoms with van der Waals surface area (Å²) in [6.45, 7) is 1.68. The highest BCUT2D eigenvalue weighted by atomic mass is 16.5. The number of hydrogen-bond acceptors (Lipinski definition) is 6. The summed E-state index contributed by atoms with van der Waals surface area (Å²) >= 11 is 0. The van der Waals surface area contributed by atoms with Crippen molar-refractivity contribution in [2.75, 3.05) is 13.2 Å². The molecule has 0 radical (unpaired) electrons. The van der Waals surface area contributed by atoms with Crippen LogP contribution in [0.2, 0.25) is 0 Å². The number of fused-ring (bicyclic) bond motifs is 1. The van der Waals surface area contributed by atoms with Gasteiger partial charge in [-0.3, -0.25) is 4.79 Å². The molecule has 2 saturated carbocycles. The third-order valence-corrected chi connectivity index (χ3v) is 6.83. The van der Waals surface area contributed by atoms with Gasteiger partial charge in [0.25, 0.3) is 0 Å². The van der Waals surface area contributed by atoms with Gasteiger partial charge < -0.3 is 15.4 Å². The van der Waals surface area contributed by atoms with Gasteiger partial charge in [-0.1, -0.05) is 30.3 Å². The average Bonchev–Trinajstić information content (AvgIpc) is 3.30. The van der Waals surface area contributed by atoms with E-state index in [9.17, 15) is 4.79 Å². The van der Waals surface area contributed by atoms with Crippen molar-refractivity contribution in [3.05, 3.63) is 30.3 Å². The van der Waals surface area contributed by atoms with E-state index in [0.717, 1.165) is 63.7 Å². The Morgan fingerprint density at radius 1 is 1.10 bits per heavy atom. The third kappa shape index (κ3) is 4.25. The number of nitrogens with zero attached hydrogens (tertiary/aromatic N) is 4. The number of aromatic nitrogens is 4. The number of nitrogens with one attached hydrogen (secondary N) is 2. The van der Waals surface area contributed by atoms with E-state index in [0.29, 0.717) is 11.9 Å². The number of tetrazole rings is 1. The Bertz CT molecular complexity index is 848. The van der Waals surface area contributed by atoms with Crippen LogP contribution in [-0.4, -0.2) is 57.5 Å². The van der Waals surface area contributed by atoms with Gasteiger partial charge >= 0.3 is 0 Å². The number of carbonyl (C=O) groups excluding carboxylic acids is 1. The van der Waals surface area contributed by atoms with E-state index in [2.05, 4.69) is 26.0 Å². The quantitative estimate of drug-likeness (QED) is 0.802.